The monoisotopic (exact) mass is 418 g/mol. The average Bonchev–Trinajstić information content (AvgIpc) is 2.87. The fourth-order valence-electron chi connectivity index (χ4n) is 3.48. The average molecular weight is 419 g/mol. The lowest BCUT2D eigenvalue weighted by Crippen LogP contribution is -2.48. The molecule has 6 heteroatoms. The third-order valence-corrected chi connectivity index (χ3v) is 6.19. The van der Waals surface area contributed by atoms with Crippen molar-refractivity contribution in [2.45, 2.75) is 40.3 Å². The van der Waals surface area contributed by atoms with Gasteiger partial charge in [0.05, 0.1) is 16.7 Å². The van der Waals surface area contributed by atoms with Crippen molar-refractivity contribution in [1.29, 1.82) is 0 Å². The summed E-state index contributed by atoms with van der Waals surface area (Å²) < 4.78 is 2.96. The SMILES string of the molecule is Cc1cccc(CN2CCN(C(=O)CCn3nc(C)c(Br)c3C)CC2)c1. The Balaban J connectivity index is 1.46. The van der Waals surface area contributed by atoms with Gasteiger partial charge in [-0.15, -0.1) is 0 Å². The molecule has 2 heterocycles. The summed E-state index contributed by atoms with van der Waals surface area (Å²) in [6.07, 6.45) is 0.506. The quantitative estimate of drug-likeness (QED) is 0.747. The van der Waals surface area contributed by atoms with E-state index >= 15 is 0 Å². The van der Waals surface area contributed by atoms with Gasteiger partial charge < -0.3 is 4.90 Å². The van der Waals surface area contributed by atoms with Crippen LogP contribution in [0.2, 0.25) is 0 Å². The van der Waals surface area contributed by atoms with E-state index in [-0.39, 0.29) is 5.91 Å². The molecule has 0 atom stereocenters. The minimum atomic E-state index is 0.226. The molecule has 2 aromatic rings. The van der Waals surface area contributed by atoms with Crippen LogP contribution >= 0.6 is 15.9 Å². The molecule has 1 saturated heterocycles. The molecule has 5 nitrogen and oxygen atoms in total. The first-order valence-electron chi connectivity index (χ1n) is 9.19. The van der Waals surface area contributed by atoms with Crippen LogP contribution in [-0.2, 0) is 17.9 Å². The van der Waals surface area contributed by atoms with E-state index < -0.39 is 0 Å². The molecule has 1 aliphatic heterocycles. The number of carbonyl (C=O) groups is 1. The number of rotatable bonds is 5. The van der Waals surface area contributed by atoms with Crippen molar-refractivity contribution in [1.82, 2.24) is 19.6 Å². The van der Waals surface area contributed by atoms with E-state index in [9.17, 15) is 4.79 Å². The maximum absolute atomic E-state index is 12.5. The maximum atomic E-state index is 12.5. The molecule has 0 bridgehead atoms. The summed E-state index contributed by atoms with van der Waals surface area (Å²) in [5, 5.41) is 4.48. The van der Waals surface area contributed by atoms with Crippen LogP contribution in [0, 0.1) is 20.8 Å². The number of amides is 1. The Morgan fingerprint density at radius 1 is 1.15 bits per heavy atom. The highest BCUT2D eigenvalue weighted by molar-refractivity contribution is 9.10. The van der Waals surface area contributed by atoms with Crippen LogP contribution in [0.1, 0.15) is 28.9 Å². The van der Waals surface area contributed by atoms with E-state index in [4.69, 9.17) is 0 Å². The van der Waals surface area contributed by atoms with Crippen LogP contribution in [0.4, 0.5) is 0 Å². The Bertz CT molecular complexity index is 778. The Morgan fingerprint density at radius 3 is 2.50 bits per heavy atom. The van der Waals surface area contributed by atoms with Gasteiger partial charge in [0.1, 0.15) is 0 Å². The molecule has 0 aliphatic carbocycles. The predicted molar refractivity (Wildman–Crippen MR) is 107 cm³/mol. The third kappa shape index (κ3) is 4.54. The number of aryl methyl sites for hydroxylation is 3. The van der Waals surface area contributed by atoms with Gasteiger partial charge in [0, 0.05) is 44.8 Å². The lowest BCUT2D eigenvalue weighted by Gasteiger charge is -2.35. The van der Waals surface area contributed by atoms with Gasteiger partial charge in [-0.05, 0) is 42.3 Å². The minimum Gasteiger partial charge on any atom is -0.340 e. The lowest BCUT2D eigenvalue weighted by molar-refractivity contribution is -0.133. The highest BCUT2D eigenvalue weighted by Gasteiger charge is 2.21. The van der Waals surface area contributed by atoms with Gasteiger partial charge in [-0.3, -0.25) is 14.4 Å². The largest absolute Gasteiger partial charge is 0.340 e. The third-order valence-electron chi connectivity index (χ3n) is 5.04. The van der Waals surface area contributed by atoms with Gasteiger partial charge in [0.25, 0.3) is 0 Å². The number of halogens is 1. The summed E-state index contributed by atoms with van der Waals surface area (Å²) >= 11 is 3.54. The fourth-order valence-corrected chi connectivity index (χ4v) is 3.76. The second-order valence-corrected chi connectivity index (χ2v) is 7.90. The molecule has 0 N–H and O–H groups in total. The molecular formula is C20H27BrN4O. The first kappa shape index (κ1) is 19.1. The van der Waals surface area contributed by atoms with E-state index in [2.05, 4.69) is 57.1 Å². The summed E-state index contributed by atoms with van der Waals surface area (Å²) in [6.45, 7) is 11.2. The summed E-state index contributed by atoms with van der Waals surface area (Å²) in [5.41, 5.74) is 4.70. The van der Waals surface area contributed by atoms with Gasteiger partial charge in [-0.1, -0.05) is 29.8 Å². The molecule has 140 valence electrons. The molecule has 0 radical (unpaired) electrons. The van der Waals surface area contributed by atoms with Crippen LogP contribution in [0.5, 0.6) is 0 Å². The van der Waals surface area contributed by atoms with Crippen LogP contribution in [-0.4, -0.2) is 51.7 Å². The Labute approximate surface area is 164 Å². The lowest BCUT2D eigenvalue weighted by atomic mass is 10.1. The van der Waals surface area contributed by atoms with E-state index in [1.54, 1.807) is 0 Å². The van der Waals surface area contributed by atoms with Crippen molar-refractivity contribution in [3.05, 3.63) is 51.3 Å². The standard InChI is InChI=1S/C20H27BrN4O/c1-15-5-4-6-18(13-15)14-23-9-11-24(12-10-23)19(26)7-8-25-17(3)20(21)16(2)22-25/h4-6,13H,7-12,14H2,1-3H3. The Hall–Kier alpha value is -1.66. The fraction of sp³-hybridized carbons (Fsp3) is 0.500. The van der Waals surface area contributed by atoms with Crippen LogP contribution in [0.15, 0.2) is 28.7 Å². The predicted octanol–water partition coefficient (Wildman–Crippen LogP) is 3.31. The van der Waals surface area contributed by atoms with Gasteiger partial charge in [0.15, 0.2) is 0 Å². The molecule has 1 aromatic carbocycles. The van der Waals surface area contributed by atoms with Crippen LogP contribution < -0.4 is 0 Å². The van der Waals surface area contributed by atoms with Crippen molar-refractivity contribution in [2.75, 3.05) is 26.2 Å². The van der Waals surface area contributed by atoms with E-state index in [1.807, 2.05) is 23.4 Å². The second kappa shape index (κ2) is 8.35. The molecule has 1 aromatic heterocycles. The molecular weight excluding hydrogens is 392 g/mol. The smallest absolute Gasteiger partial charge is 0.224 e. The van der Waals surface area contributed by atoms with Gasteiger partial charge in [0.2, 0.25) is 5.91 Å². The molecule has 26 heavy (non-hydrogen) atoms. The Morgan fingerprint density at radius 2 is 1.88 bits per heavy atom. The number of piperazine rings is 1. The molecule has 1 amide bonds. The van der Waals surface area contributed by atoms with Crippen molar-refractivity contribution in [3.63, 3.8) is 0 Å². The number of hydrogen-bond acceptors (Lipinski definition) is 3. The molecule has 0 saturated carbocycles. The molecule has 1 fully saturated rings. The van der Waals surface area contributed by atoms with Gasteiger partial charge in [-0.2, -0.15) is 5.10 Å². The summed E-state index contributed by atoms with van der Waals surface area (Å²) in [4.78, 5) is 17.0. The molecule has 0 spiro atoms. The van der Waals surface area contributed by atoms with Crippen molar-refractivity contribution in [2.24, 2.45) is 0 Å². The van der Waals surface area contributed by atoms with Crippen molar-refractivity contribution >= 4 is 21.8 Å². The molecule has 1 aliphatic rings. The van der Waals surface area contributed by atoms with Gasteiger partial charge in [-0.25, -0.2) is 0 Å². The zero-order valence-electron chi connectivity index (χ0n) is 15.8. The minimum absolute atomic E-state index is 0.226. The number of nitrogens with zero attached hydrogens (tertiary/aromatic N) is 4. The number of benzene rings is 1. The van der Waals surface area contributed by atoms with E-state index in [0.29, 0.717) is 13.0 Å². The number of aromatic nitrogens is 2. The zero-order chi connectivity index (χ0) is 18.7. The maximum Gasteiger partial charge on any atom is 0.224 e. The Kier molecular flexibility index (Phi) is 6.14. The molecule has 3 rings (SSSR count). The van der Waals surface area contributed by atoms with Crippen molar-refractivity contribution < 1.29 is 4.79 Å². The van der Waals surface area contributed by atoms with Crippen LogP contribution in [0.3, 0.4) is 0 Å². The summed E-state index contributed by atoms with van der Waals surface area (Å²) in [7, 11) is 0. The van der Waals surface area contributed by atoms with Crippen LogP contribution in [0.25, 0.3) is 0 Å². The van der Waals surface area contributed by atoms with E-state index in [1.165, 1.54) is 11.1 Å². The number of carbonyl (C=O) groups excluding carboxylic acids is 1. The first-order chi connectivity index (χ1) is 12.4. The molecule has 0 unspecified atom stereocenters. The normalized spacial score (nSPS) is 15.5. The van der Waals surface area contributed by atoms with E-state index in [0.717, 1.165) is 48.6 Å². The van der Waals surface area contributed by atoms with Gasteiger partial charge >= 0.3 is 0 Å². The summed E-state index contributed by atoms with van der Waals surface area (Å²) in [6, 6.07) is 8.66. The zero-order valence-corrected chi connectivity index (χ0v) is 17.4. The summed E-state index contributed by atoms with van der Waals surface area (Å²) in [5.74, 6) is 0.226. The highest BCUT2D eigenvalue weighted by atomic mass is 79.9. The van der Waals surface area contributed by atoms with Crippen molar-refractivity contribution in [3.8, 4) is 0 Å². The first-order valence-corrected chi connectivity index (χ1v) is 9.98. The number of hydrogen-bond donors (Lipinski definition) is 0. The second-order valence-electron chi connectivity index (χ2n) is 7.10. The highest BCUT2D eigenvalue weighted by Crippen LogP contribution is 2.20. The topological polar surface area (TPSA) is 41.4 Å².